The van der Waals surface area contributed by atoms with E-state index in [1.54, 1.807) is 18.2 Å². The van der Waals surface area contributed by atoms with Crippen molar-refractivity contribution in [3.8, 4) is 11.5 Å². The van der Waals surface area contributed by atoms with Crippen LogP contribution < -0.4 is 10.5 Å². The molecule has 0 atom stereocenters. The molecule has 0 spiro atoms. The number of nitrogens with two attached hydrogens (primary N) is 1. The van der Waals surface area contributed by atoms with Crippen molar-refractivity contribution in [2.45, 2.75) is 0 Å². The van der Waals surface area contributed by atoms with Gasteiger partial charge in [0.05, 0.1) is 5.56 Å². The van der Waals surface area contributed by atoms with E-state index in [-0.39, 0.29) is 11.3 Å². The summed E-state index contributed by atoms with van der Waals surface area (Å²) in [5, 5.41) is 8.92. The fourth-order valence-corrected chi connectivity index (χ4v) is 1.41. The van der Waals surface area contributed by atoms with E-state index >= 15 is 0 Å². The van der Waals surface area contributed by atoms with Crippen molar-refractivity contribution in [2.75, 3.05) is 5.73 Å². The van der Waals surface area contributed by atoms with Gasteiger partial charge in [-0.05, 0) is 30.3 Å². The summed E-state index contributed by atoms with van der Waals surface area (Å²) in [7, 11) is 0. The highest BCUT2D eigenvalue weighted by Gasteiger charge is 2.09. The molecule has 17 heavy (non-hydrogen) atoms. The number of hydrogen-bond donors (Lipinski definition) is 2. The number of para-hydroxylation sites is 1. The molecule has 0 radical (unpaired) electrons. The Hall–Kier alpha value is -2.49. The second-order valence-corrected chi connectivity index (χ2v) is 3.47. The van der Waals surface area contributed by atoms with Gasteiger partial charge in [-0.15, -0.1) is 0 Å². The molecule has 0 aliphatic rings. The van der Waals surface area contributed by atoms with Crippen molar-refractivity contribution in [3.63, 3.8) is 0 Å². The number of anilines is 1. The van der Waals surface area contributed by atoms with Crippen molar-refractivity contribution in [2.24, 2.45) is 0 Å². The van der Waals surface area contributed by atoms with E-state index in [1.807, 2.05) is 18.2 Å². The van der Waals surface area contributed by atoms with Crippen LogP contribution in [-0.4, -0.2) is 11.1 Å². The van der Waals surface area contributed by atoms with E-state index in [0.29, 0.717) is 11.5 Å². The first-order chi connectivity index (χ1) is 8.16. The van der Waals surface area contributed by atoms with Gasteiger partial charge in [0.25, 0.3) is 0 Å². The Bertz CT molecular complexity index is 538. The Morgan fingerprint density at radius 1 is 1.06 bits per heavy atom. The quantitative estimate of drug-likeness (QED) is 0.794. The summed E-state index contributed by atoms with van der Waals surface area (Å²) in [5.41, 5.74) is 5.81. The van der Waals surface area contributed by atoms with Crippen LogP contribution in [0.4, 0.5) is 5.69 Å². The fourth-order valence-electron chi connectivity index (χ4n) is 1.41. The van der Waals surface area contributed by atoms with E-state index in [2.05, 4.69) is 0 Å². The minimum absolute atomic E-state index is 0.0402. The maximum Gasteiger partial charge on any atom is 0.337 e. The summed E-state index contributed by atoms with van der Waals surface area (Å²) in [6, 6.07) is 13.7. The zero-order chi connectivity index (χ0) is 12.3. The summed E-state index contributed by atoms with van der Waals surface area (Å²) in [6.45, 7) is 0. The normalized spacial score (nSPS) is 9.88. The molecule has 86 valence electrons. The van der Waals surface area contributed by atoms with Crippen molar-refractivity contribution in [3.05, 3.63) is 54.1 Å². The Balaban J connectivity index is 2.29. The van der Waals surface area contributed by atoms with Crippen LogP contribution in [0, 0.1) is 0 Å². The molecule has 2 rings (SSSR count). The molecule has 0 bridgehead atoms. The number of hydrogen-bond acceptors (Lipinski definition) is 3. The first kappa shape index (κ1) is 11.0. The fraction of sp³-hybridized carbons (Fsp3) is 0. The first-order valence-corrected chi connectivity index (χ1v) is 5.02. The number of carbonyl (C=O) groups is 1. The number of benzene rings is 2. The average molecular weight is 229 g/mol. The molecule has 0 saturated heterocycles. The predicted molar refractivity (Wildman–Crippen MR) is 64.3 cm³/mol. The molecule has 2 aromatic rings. The molecular formula is C13H11NO3. The van der Waals surface area contributed by atoms with Gasteiger partial charge in [0, 0.05) is 5.69 Å². The molecule has 0 aliphatic carbocycles. The van der Waals surface area contributed by atoms with Gasteiger partial charge in [-0.25, -0.2) is 4.79 Å². The molecule has 0 heterocycles. The summed E-state index contributed by atoms with van der Waals surface area (Å²) in [5.74, 6) is 0.0254. The molecule has 0 aromatic heterocycles. The largest absolute Gasteiger partial charge is 0.478 e. The standard InChI is InChI=1S/C13H11NO3/c14-12-7-6-10(8-11(12)13(15)16)17-9-4-2-1-3-5-9/h1-8H,14H2,(H,15,16). The van der Waals surface area contributed by atoms with Gasteiger partial charge in [0.1, 0.15) is 11.5 Å². The summed E-state index contributed by atoms with van der Waals surface area (Å²) >= 11 is 0. The molecule has 4 nitrogen and oxygen atoms in total. The molecule has 3 N–H and O–H groups in total. The van der Waals surface area contributed by atoms with Gasteiger partial charge in [-0.1, -0.05) is 18.2 Å². The van der Waals surface area contributed by atoms with Gasteiger partial charge < -0.3 is 15.6 Å². The smallest absolute Gasteiger partial charge is 0.337 e. The van der Waals surface area contributed by atoms with Crippen molar-refractivity contribution < 1.29 is 14.6 Å². The van der Waals surface area contributed by atoms with Crippen molar-refractivity contribution in [1.82, 2.24) is 0 Å². The highest BCUT2D eigenvalue weighted by Crippen LogP contribution is 2.24. The third kappa shape index (κ3) is 2.55. The molecular weight excluding hydrogens is 218 g/mol. The number of ether oxygens (including phenoxy) is 1. The molecule has 4 heteroatoms. The number of rotatable bonds is 3. The van der Waals surface area contributed by atoms with Crippen LogP contribution in [0.15, 0.2) is 48.5 Å². The second kappa shape index (κ2) is 4.57. The topological polar surface area (TPSA) is 72.5 Å². The number of aromatic carboxylic acids is 1. The van der Waals surface area contributed by atoms with Gasteiger partial charge in [0.2, 0.25) is 0 Å². The minimum Gasteiger partial charge on any atom is -0.478 e. The van der Waals surface area contributed by atoms with Crippen LogP contribution in [-0.2, 0) is 0 Å². The zero-order valence-corrected chi connectivity index (χ0v) is 8.96. The lowest BCUT2D eigenvalue weighted by Crippen LogP contribution is -2.02. The highest BCUT2D eigenvalue weighted by atomic mass is 16.5. The monoisotopic (exact) mass is 229 g/mol. The summed E-state index contributed by atoms with van der Waals surface area (Å²) in [4.78, 5) is 10.9. The van der Waals surface area contributed by atoms with Gasteiger partial charge in [-0.2, -0.15) is 0 Å². The molecule has 0 amide bonds. The lowest BCUT2D eigenvalue weighted by Gasteiger charge is -2.07. The van der Waals surface area contributed by atoms with Crippen LogP contribution in [0.1, 0.15) is 10.4 Å². The summed E-state index contributed by atoms with van der Waals surface area (Å²) < 4.78 is 5.51. The lowest BCUT2D eigenvalue weighted by molar-refractivity contribution is 0.0697. The van der Waals surface area contributed by atoms with Crippen molar-refractivity contribution >= 4 is 11.7 Å². The number of carboxylic acids is 1. The van der Waals surface area contributed by atoms with Crippen LogP contribution in [0.5, 0.6) is 11.5 Å². The maximum absolute atomic E-state index is 10.9. The predicted octanol–water partition coefficient (Wildman–Crippen LogP) is 2.76. The third-order valence-electron chi connectivity index (χ3n) is 2.23. The van der Waals surface area contributed by atoms with Gasteiger partial charge in [-0.3, -0.25) is 0 Å². The molecule has 0 aliphatic heterocycles. The minimum atomic E-state index is -1.07. The Morgan fingerprint density at radius 3 is 2.41 bits per heavy atom. The Labute approximate surface area is 98.3 Å². The van der Waals surface area contributed by atoms with Crippen LogP contribution in [0.2, 0.25) is 0 Å². The van der Waals surface area contributed by atoms with E-state index in [9.17, 15) is 4.79 Å². The average Bonchev–Trinajstić information content (AvgIpc) is 2.32. The van der Waals surface area contributed by atoms with Crippen LogP contribution >= 0.6 is 0 Å². The van der Waals surface area contributed by atoms with E-state index in [1.165, 1.54) is 12.1 Å². The Kier molecular flexibility index (Phi) is 2.96. The van der Waals surface area contributed by atoms with Gasteiger partial charge in [0.15, 0.2) is 0 Å². The zero-order valence-electron chi connectivity index (χ0n) is 8.96. The van der Waals surface area contributed by atoms with E-state index < -0.39 is 5.97 Å². The molecule has 2 aromatic carbocycles. The molecule has 0 unspecified atom stereocenters. The van der Waals surface area contributed by atoms with E-state index in [4.69, 9.17) is 15.6 Å². The molecule has 0 saturated carbocycles. The SMILES string of the molecule is Nc1ccc(Oc2ccccc2)cc1C(=O)O. The Morgan fingerprint density at radius 2 is 1.76 bits per heavy atom. The lowest BCUT2D eigenvalue weighted by atomic mass is 10.2. The molecule has 0 fully saturated rings. The van der Waals surface area contributed by atoms with Gasteiger partial charge >= 0.3 is 5.97 Å². The second-order valence-electron chi connectivity index (χ2n) is 3.47. The highest BCUT2D eigenvalue weighted by molar-refractivity contribution is 5.94. The van der Waals surface area contributed by atoms with Crippen molar-refractivity contribution in [1.29, 1.82) is 0 Å². The first-order valence-electron chi connectivity index (χ1n) is 5.02. The summed E-state index contributed by atoms with van der Waals surface area (Å²) in [6.07, 6.45) is 0. The van der Waals surface area contributed by atoms with Crippen LogP contribution in [0.25, 0.3) is 0 Å². The maximum atomic E-state index is 10.9. The number of nitrogen functional groups attached to an aromatic ring is 1. The van der Waals surface area contributed by atoms with Crippen LogP contribution in [0.3, 0.4) is 0 Å². The number of carboxylic acid groups (broad SMARTS) is 1. The van der Waals surface area contributed by atoms with E-state index in [0.717, 1.165) is 0 Å². The third-order valence-corrected chi connectivity index (χ3v) is 2.23.